The Morgan fingerprint density at radius 3 is 3.06 bits per heavy atom. The topological polar surface area (TPSA) is 38.7 Å². The molecule has 0 saturated carbocycles. The average Bonchev–Trinajstić information content (AvgIpc) is 2.66. The van der Waals surface area contributed by atoms with Crippen LogP contribution in [0.15, 0.2) is 18.2 Å². The van der Waals surface area contributed by atoms with Gasteiger partial charge in [0, 0.05) is 6.61 Å². The Balaban J connectivity index is 1.92. The van der Waals surface area contributed by atoms with Gasteiger partial charge in [-0.15, -0.1) is 0 Å². The first-order valence-corrected chi connectivity index (χ1v) is 5.82. The van der Waals surface area contributed by atoms with E-state index in [0.29, 0.717) is 13.2 Å². The fraction of sp³-hybridized carbons (Fsp3) is 0.538. The van der Waals surface area contributed by atoms with Crippen molar-refractivity contribution in [3.63, 3.8) is 0 Å². The summed E-state index contributed by atoms with van der Waals surface area (Å²) in [5.74, 6) is 0.868. The number of aryl methyl sites for hydroxylation is 1. The highest BCUT2D eigenvalue weighted by Gasteiger charge is 2.20. The fourth-order valence-electron chi connectivity index (χ4n) is 2.02. The average molecular weight is 222 g/mol. The molecule has 16 heavy (non-hydrogen) atoms. The van der Waals surface area contributed by atoms with Crippen LogP contribution in [0.2, 0.25) is 0 Å². The van der Waals surface area contributed by atoms with Crippen molar-refractivity contribution >= 4 is 0 Å². The normalized spacial score (nSPS) is 18.5. The Labute approximate surface area is 96.0 Å². The van der Waals surface area contributed by atoms with Gasteiger partial charge in [0.2, 0.25) is 0 Å². The molecular formula is C13H18O3. The molecule has 1 aliphatic rings. The number of benzene rings is 1. The van der Waals surface area contributed by atoms with Crippen molar-refractivity contribution in [3.05, 3.63) is 29.3 Å². The molecule has 0 radical (unpaired) electrons. The molecule has 1 aromatic carbocycles. The smallest absolute Gasteiger partial charge is 0.119 e. The van der Waals surface area contributed by atoms with E-state index in [1.54, 1.807) is 0 Å². The summed E-state index contributed by atoms with van der Waals surface area (Å²) in [5.41, 5.74) is 2.26. The lowest BCUT2D eigenvalue weighted by Gasteiger charge is -2.08. The summed E-state index contributed by atoms with van der Waals surface area (Å²) in [6, 6.07) is 5.90. The second-order valence-corrected chi connectivity index (χ2v) is 3.96. The quantitative estimate of drug-likeness (QED) is 0.775. The predicted octanol–water partition coefficient (Wildman–Crippen LogP) is 2.08. The third-order valence-electron chi connectivity index (χ3n) is 2.86. The zero-order valence-electron chi connectivity index (χ0n) is 9.61. The van der Waals surface area contributed by atoms with Crippen LogP contribution in [-0.2, 0) is 11.2 Å². The van der Waals surface area contributed by atoms with Crippen molar-refractivity contribution in [2.45, 2.75) is 25.9 Å². The van der Waals surface area contributed by atoms with Crippen molar-refractivity contribution in [3.8, 4) is 5.75 Å². The first kappa shape index (κ1) is 11.4. The third kappa shape index (κ3) is 2.54. The second-order valence-electron chi connectivity index (χ2n) is 3.96. The van der Waals surface area contributed by atoms with E-state index < -0.39 is 0 Å². The van der Waals surface area contributed by atoms with E-state index in [1.165, 1.54) is 5.56 Å². The van der Waals surface area contributed by atoms with Gasteiger partial charge >= 0.3 is 0 Å². The Bertz CT molecular complexity index is 349. The highest BCUT2D eigenvalue weighted by atomic mass is 16.5. The minimum absolute atomic E-state index is 0.285. The van der Waals surface area contributed by atoms with E-state index in [1.807, 2.05) is 25.1 Å². The molecule has 1 aliphatic carbocycles. The van der Waals surface area contributed by atoms with E-state index in [4.69, 9.17) is 9.47 Å². The third-order valence-corrected chi connectivity index (χ3v) is 2.86. The van der Waals surface area contributed by atoms with Crippen LogP contribution in [0.4, 0.5) is 0 Å². The summed E-state index contributed by atoms with van der Waals surface area (Å²) < 4.78 is 10.8. The summed E-state index contributed by atoms with van der Waals surface area (Å²) in [6.45, 7) is 3.89. The van der Waals surface area contributed by atoms with Gasteiger partial charge in [0.15, 0.2) is 0 Å². The maximum absolute atomic E-state index is 9.66. The van der Waals surface area contributed by atoms with Crippen LogP contribution in [0.1, 0.15) is 30.6 Å². The van der Waals surface area contributed by atoms with Crippen molar-refractivity contribution in [2.24, 2.45) is 0 Å². The number of aliphatic hydroxyl groups is 1. The molecule has 1 unspecified atom stereocenters. The zero-order valence-corrected chi connectivity index (χ0v) is 9.61. The Kier molecular flexibility index (Phi) is 3.80. The maximum Gasteiger partial charge on any atom is 0.119 e. The van der Waals surface area contributed by atoms with E-state index in [2.05, 4.69) is 0 Å². The molecule has 0 spiro atoms. The Hall–Kier alpha value is -1.06. The molecule has 0 aliphatic heterocycles. The van der Waals surface area contributed by atoms with Crippen molar-refractivity contribution in [2.75, 3.05) is 19.8 Å². The molecule has 0 fully saturated rings. The SMILES string of the molecule is CCOCCOc1ccc2c(c1)CCC2O. The van der Waals surface area contributed by atoms with Crippen molar-refractivity contribution in [1.82, 2.24) is 0 Å². The van der Waals surface area contributed by atoms with Crippen LogP contribution in [0.25, 0.3) is 0 Å². The fourth-order valence-corrected chi connectivity index (χ4v) is 2.02. The molecule has 0 amide bonds. The van der Waals surface area contributed by atoms with Crippen LogP contribution in [-0.4, -0.2) is 24.9 Å². The molecule has 0 heterocycles. The van der Waals surface area contributed by atoms with E-state index in [0.717, 1.165) is 30.8 Å². The number of hydrogen-bond donors (Lipinski definition) is 1. The van der Waals surface area contributed by atoms with Crippen molar-refractivity contribution in [1.29, 1.82) is 0 Å². The largest absolute Gasteiger partial charge is 0.491 e. The summed E-state index contributed by atoms with van der Waals surface area (Å²) >= 11 is 0. The van der Waals surface area contributed by atoms with E-state index in [-0.39, 0.29) is 6.10 Å². The Morgan fingerprint density at radius 1 is 1.38 bits per heavy atom. The lowest BCUT2D eigenvalue weighted by Crippen LogP contribution is -2.06. The monoisotopic (exact) mass is 222 g/mol. The zero-order chi connectivity index (χ0) is 11.4. The van der Waals surface area contributed by atoms with Crippen LogP contribution >= 0.6 is 0 Å². The number of ether oxygens (including phenoxy) is 2. The Morgan fingerprint density at radius 2 is 2.25 bits per heavy atom. The van der Waals surface area contributed by atoms with Gasteiger partial charge in [-0.3, -0.25) is 0 Å². The number of aliphatic hydroxyl groups excluding tert-OH is 1. The standard InChI is InChI=1S/C13H18O3/c1-2-15-7-8-16-11-4-5-12-10(9-11)3-6-13(12)14/h4-5,9,13-14H,2-3,6-8H2,1H3. The minimum atomic E-state index is -0.285. The molecule has 0 bridgehead atoms. The molecule has 88 valence electrons. The summed E-state index contributed by atoms with van der Waals surface area (Å²) in [6.07, 6.45) is 1.49. The van der Waals surface area contributed by atoms with Crippen LogP contribution in [0.3, 0.4) is 0 Å². The first-order valence-electron chi connectivity index (χ1n) is 5.82. The highest BCUT2D eigenvalue weighted by molar-refractivity contribution is 5.39. The first-order chi connectivity index (χ1) is 7.81. The highest BCUT2D eigenvalue weighted by Crippen LogP contribution is 2.33. The van der Waals surface area contributed by atoms with Crippen molar-refractivity contribution < 1.29 is 14.6 Å². The summed E-state index contributed by atoms with van der Waals surface area (Å²) in [5, 5.41) is 9.66. The second kappa shape index (κ2) is 5.32. The van der Waals surface area contributed by atoms with Crippen LogP contribution in [0.5, 0.6) is 5.75 Å². The molecule has 1 atom stereocenters. The predicted molar refractivity (Wildman–Crippen MR) is 61.7 cm³/mol. The van der Waals surface area contributed by atoms with Gasteiger partial charge in [-0.2, -0.15) is 0 Å². The van der Waals surface area contributed by atoms with E-state index >= 15 is 0 Å². The number of fused-ring (bicyclic) bond motifs is 1. The molecular weight excluding hydrogens is 204 g/mol. The lowest BCUT2D eigenvalue weighted by molar-refractivity contribution is 0.110. The molecule has 1 aromatic rings. The van der Waals surface area contributed by atoms with Gasteiger partial charge in [0.1, 0.15) is 12.4 Å². The molecule has 3 nitrogen and oxygen atoms in total. The maximum atomic E-state index is 9.66. The minimum Gasteiger partial charge on any atom is -0.491 e. The summed E-state index contributed by atoms with van der Waals surface area (Å²) in [7, 11) is 0. The molecule has 0 saturated heterocycles. The van der Waals surface area contributed by atoms with E-state index in [9.17, 15) is 5.11 Å². The van der Waals surface area contributed by atoms with Crippen LogP contribution < -0.4 is 4.74 Å². The van der Waals surface area contributed by atoms with Gasteiger partial charge in [0.05, 0.1) is 12.7 Å². The van der Waals surface area contributed by atoms with Gasteiger partial charge in [-0.25, -0.2) is 0 Å². The lowest BCUT2D eigenvalue weighted by atomic mass is 10.1. The van der Waals surface area contributed by atoms with Gasteiger partial charge in [-0.1, -0.05) is 6.07 Å². The van der Waals surface area contributed by atoms with Crippen LogP contribution in [0, 0.1) is 0 Å². The number of hydrogen-bond acceptors (Lipinski definition) is 3. The van der Waals surface area contributed by atoms with Gasteiger partial charge in [-0.05, 0) is 43.0 Å². The molecule has 1 N–H and O–H groups in total. The summed E-state index contributed by atoms with van der Waals surface area (Å²) in [4.78, 5) is 0. The van der Waals surface area contributed by atoms with Gasteiger partial charge < -0.3 is 14.6 Å². The molecule has 0 aromatic heterocycles. The number of rotatable bonds is 5. The van der Waals surface area contributed by atoms with Gasteiger partial charge in [0.25, 0.3) is 0 Å². The molecule has 3 heteroatoms. The molecule has 2 rings (SSSR count).